The van der Waals surface area contributed by atoms with Gasteiger partial charge in [-0.3, -0.25) is 0 Å². The van der Waals surface area contributed by atoms with Crippen LogP contribution >= 0.6 is 23.2 Å². The molecule has 1 aliphatic rings. The Bertz CT molecular complexity index is 1090. The molecular weight excluding hydrogens is 485 g/mol. The second-order valence-corrected chi connectivity index (χ2v) is 8.16. The van der Waals surface area contributed by atoms with E-state index < -0.39 is 11.6 Å². The van der Waals surface area contributed by atoms with Gasteiger partial charge in [0.1, 0.15) is 11.6 Å². The van der Waals surface area contributed by atoms with E-state index in [2.05, 4.69) is 36.0 Å². The number of halogens is 4. The van der Waals surface area contributed by atoms with E-state index in [-0.39, 0.29) is 33.1 Å². The van der Waals surface area contributed by atoms with Crippen LogP contribution in [0.15, 0.2) is 46.6 Å². The summed E-state index contributed by atoms with van der Waals surface area (Å²) in [5.74, 6) is -0.364. The zero-order chi connectivity index (χ0) is 23.9. The highest BCUT2D eigenvalue weighted by atomic mass is 35.5. The molecule has 1 saturated heterocycles. The van der Waals surface area contributed by atoms with Crippen molar-refractivity contribution in [3.05, 3.63) is 69.2 Å². The van der Waals surface area contributed by atoms with E-state index in [1.807, 2.05) is 4.90 Å². The molecule has 0 bridgehead atoms. The zero-order valence-electron chi connectivity index (χ0n) is 17.8. The summed E-state index contributed by atoms with van der Waals surface area (Å²) in [6, 6.07) is 8.70. The number of piperidine rings is 1. The second kappa shape index (κ2) is 11.2. The third-order valence-electron chi connectivity index (χ3n) is 4.98. The Morgan fingerprint density at radius 2 is 1.26 bits per heavy atom. The van der Waals surface area contributed by atoms with E-state index in [1.54, 1.807) is 12.1 Å². The number of hydrogen-bond acceptors (Lipinski definition) is 8. The first-order chi connectivity index (χ1) is 16.5. The minimum absolute atomic E-state index is 0.112. The summed E-state index contributed by atoms with van der Waals surface area (Å²) in [7, 11) is 0. The molecule has 0 atom stereocenters. The Morgan fingerprint density at radius 1 is 0.765 bits per heavy atom. The highest BCUT2D eigenvalue weighted by Crippen LogP contribution is 2.20. The van der Waals surface area contributed by atoms with Crippen LogP contribution in [-0.2, 0) is 0 Å². The number of hydrogen-bond donors (Lipinski definition) is 2. The Balaban J connectivity index is 1.56. The van der Waals surface area contributed by atoms with Crippen LogP contribution < -0.4 is 15.8 Å². The van der Waals surface area contributed by atoms with Gasteiger partial charge in [-0.15, -0.1) is 0 Å². The molecule has 8 nitrogen and oxygen atoms in total. The highest BCUT2D eigenvalue weighted by Gasteiger charge is 2.16. The number of nitrogens with zero attached hydrogens (tertiary/aromatic N) is 6. The van der Waals surface area contributed by atoms with E-state index in [0.29, 0.717) is 5.95 Å². The normalized spacial score (nSPS) is 14.2. The molecule has 0 spiro atoms. The maximum atomic E-state index is 14.0. The van der Waals surface area contributed by atoms with Gasteiger partial charge in [0, 0.05) is 24.2 Å². The van der Waals surface area contributed by atoms with Crippen molar-refractivity contribution in [1.82, 2.24) is 15.0 Å². The number of rotatable bonds is 7. The zero-order valence-corrected chi connectivity index (χ0v) is 19.4. The lowest BCUT2D eigenvalue weighted by molar-refractivity contribution is 0.568. The predicted molar refractivity (Wildman–Crippen MR) is 131 cm³/mol. The SMILES string of the molecule is Fc1cccc(Cl)c1/C=N/Nc1nc(N/N=C/c2c(F)cccc2Cl)nc(N2CCCCC2)n1. The van der Waals surface area contributed by atoms with Gasteiger partial charge in [0.15, 0.2) is 0 Å². The summed E-state index contributed by atoms with van der Waals surface area (Å²) in [6.07, 6.45) is 5.66. The molecule has 0 radical (unpaired) electrons. The standard InChI is InChI=1S/C22H20Cl2F2N8/c23-16-6-4-8-18(25)14(16)12-27-32-20-29-21(31-22(30-20)34-10-2-1-3-11-34)33-28-13-15-17(24)7-5-9-19(15)26/h4-9,12-13H,1-3,10-11H2,(H2,29,30,31,32,33)/b27-12+,28-13+. The largest absolute Gasteiger partial charge is 0.341 e. The Hall–Kier alpha value is -3.37. The van der Waals surface area contributed by atoms with Crippen LogP contribution in [0.25, 0.3) is 0 Å². The first kappa shape index (κ1) is 23.8. The van der Waals surface area contributed by atoms with Gasteiger partial charge in [0.2, 0.25) is 17.8 Å². The van der Waals surface area contributed by atoms with Gasteiger partial charge in [0.05, 0.1) is 22.5 Å². The summed E-state index contributed by atoms with van der Waals surface area (Å²) < 4.78 is 27.9. The van der Waals surface area contributed by atoms with Crippen LogP contribution in [0, 0.1) is 11.6 Å². The van der Waals surface area contributed by atoms with Crippen LogP contribution in [0.4, 0.5) is 26.6 Å². The highest BCUT2D eigenvalue weighted by molar-refractivity contribution is 6.33. The van der Waals surface area contributed by atoms with E-state index in [1.165, 1.54) is 36.7 Å². The molecule has 0 aliphatic carbocycles. The lowest BCUT2D eigenvalue weighted by Crippen LogP contribution is -2.31. The van der Waals surface area contributed by atoms with Crippen molar-refractivity contribution in [3.63, 3.8) is 0 Å². The lowest BCUT2D eigenvalue weighted by atomic mass is 10.1. The lowest BCUT2D eigenvalue weighted by Gasteiger charge is -2.26. The maximum absolute atomic E-state index is 14.0. The number of aromatic nitrogens is 3. The van der Waals surface area contributed by atoms with Crippen molar-refractivity contribution in [3.8, 4) is 0 Å². The van der Waals surface area contributed by atoms with Gasteiger partial charge in [-0.1, -0.05) is 35.3 Å². The topological polar surface area (TPSA) is 90.7 Å². The van der Waals surface area contributed by atoms with Gasteiger partial charge in [-0.2, -0.15) is 25.2 Å². The molecule has 3 aromatic rings. The number of anilines is 3. The summed E-state index contributed by atoms with van der Waals surface area (Å²) in [5.41, 5.74) is 5.61. The first-order valence-corrected chi connectivity index (χ1v) is 11.2. The average Bonchev–Trinajstić information content (AvgIpc) is 2.83. The van der Waals surface area contributed by atoms with Crippen LogP contribution in [0.1, 0.15) is 30.4 Å². The maximum Gasteiger partial charge on any atom is 0.250 e. The number of benzene rings is 2. The van der Waals surface area contributed by atoms with E-state index in [9.17, 15) is 8.78 Å². The van der Waals surface area contributed by atoms with Crippen LogP contribution in [0.5, 0.6) is 0 Å². The van der Waals surface area contributed by atoms with E-state index in [4.69, 9.17) is 23.2 Å². The molecule has 0 unspecified atom stereocenters. The molecule has 2 heterocycles. The molecule has 4 rings (SSSR count). The quantitative estimate of drug-likeness (QED) is 0.333. The third-order valence-corrected chi connectivity index (χ3v) is 5.64. The van der Waals surface area contributed by atoms with Gasteiger partial charge >= 0.3 is 0 Å². The van der Waals surface area contributed by atoms with Crippen LogP contribution in [0.2, 0.25) is 10.0 Å². The molecule has 2 N–H and O–H groups in total. The molecule has 12 heteroatoms. The van der Waals surface area contributed by atoms with Crippen molar-refractivity contribution in [2.24, 2.45) is 10.2 Å². The summed E-state index contributed by atoms with van der Waals surface area (Å²) >= 11 is 12.0. The van der Waals surface area contributed by atoms with Crippen LogP contribution in [-0.4, -0.2) is 40.5 Å². The van der Waals surface area contributed by atoms with Gasteiger partial charge in [-0.05, 0) is 43.5 Å². The van der Waals surface area contributed by atoms with Gasteiger partial charge < -0.3 is 4.90 Å². The van der Waals surface area contributed by atoms with Gasteiger partial charge in [0.25, 0.3) is 0 Å². The summed E-state index contributed by atoms with van der Waals surface area (Å²) in [4.78, 5) is 15.1. The molecule has 1 aromatic heterocycles. The minimum atomic E-state index is -0.508. The van der Waals surface area contributed by atoms with Crippen LogP contribution in [0.3, 0.4) is 0 Å². The smallest absolute Gasteiger partial charge is 0.250 e. The molecule has 176 valence electrons. The Labute approximate surface area is 204 Å². The minimum Gasteiger partial charge on any atom is -0.341 e. The fourth-order valence-corrected chi connectivity index (χ4v) is 3.70. The Kier molecular flexibility index (Phi) is 7.81. The molecule has 0 amide bonds. The number of nitrogens with one attached hydrogen (secondary N) is 2. The monoisotopic (exact) mass is 504 g/mol. The fraction of sp³-hybridized carbons (Fsp3) is 0.227. The molecule has 0 saturated carbocycles. The molecule has 1 aliphatic heterocycles. The first-order valence-electron chi connectivity index (χ1n) is 10.5. The van der Waals surface area contributed by atoms with Crippen molar-refractivity contribution >= 4 is 53.5 Å². The fourth-order valence-electron chi connectivity index (χ4n) is 3.28. The summed E-state index contributed by atoms with van der Waals surface area (Å²) in [5, 5.41) is 8.46. The van der Waals surface area contributed by atoms with Crippen molar-refractivity contribution in [2.75, 3.05) is 28.8 Å². The van der Waals surface area contributed by atoms with E-state index >= 15 is 0 Å². The van der Waals surface area contributed by atoms with Crippen molar-refractivity contribution < 1.29 is 8.78 Å². The van der Waals surface area contributed by atoms with Crippen molar-refractivity contribution in [2.45, 2.75) is 19.3 Å². The van der Waals surface area contributed by atoms with E-state index in [0.717, 1.165) is 32.4 Å². The average molecular weight is 505 g/mol. The molecule has 34 heavy (non-hydrogen) atoms. The molecular formula is C22H20Cl2F2N8. The molecule has 1 fully saturated rings. The second-order valence-electron chi connectivity index (χ2n) is 7.34. The third kappa shape index (κ3) is 5.95. The predicted octanol–water partition coefficient (Wildman–Crippen LogP) is 5.34. The summed E-state index contributed by atoms with van der Waals surface area (Å²) in [6.45, 7) is 1.59. The van der Waals surface area contributed by atoms with Gasteiger partial charge in [-0.25, -0.2) is 19.6 Å². The molecule has 2 aromatic carbocycles. The Morgan fingerprint density at radius 3 is 1.74 bits per heavy atom. The van der Waals surface area contributed by atoms with Crippen molar-refractivity contribution in [1.29, 1.82) is 0 Å². The number of hydrazone groups is 2.